The fraction of sp³-hybridized carbons (Fsp3) is 0.750. The summed E-state index contributed by atoms with van der Waals surface area (Å²) < 4.78 is 51.6. The van der Waals surface area contributed by atoms with E-state index in [1.807, 2.05) is 20.8 Å². The minimum Gasteiger partial charge on any atom is -0.472 e. The molecule has 0 radical (unpaired) electrons. The Hall–Kier alpha value is -3.29. The Labute approximate surface area is 283 Å². The van der Waals surface area contributed by atoms with E-state index in [4.69, 9.17) is 37.6 Å². The summed E-state index contributed by atoms with van der Waals surface area (Å²) >= 11 is 0. The highest BCUT2D eigenvalue weighted by Gasteiger charge is 3.05. The summed E-state index contributed by atoms with van der Waals surface area (Å²) in [5.41, 5.74) is -9.62. The predicted octanol–water partition coefficient (Wildman–Crippen LogP) is 4.04. The SMILES string of the molecule is CCOC(=O)CC1C2(C)CC34OC5(C)OC67C(CC(=O)OC6C3(OC(=O)C(C)C)C2OC(C)=O)C(C)(C(=O)c2ccoc2)CCC7(O5)C14C. The number of ether oxygens (including phenoxy) is 7. The van der Waals surface area contributed by atoms with Gasteiger partial charge < -0.3 is 37.6 Å². The number of esters is 4. The topological polar surface area (TPSA) is 163 Å². The maximum atomic E-state index is 14.6. The van der Waals surface area contributed by atoms with Gasteiger partial charge in [0.05, 0.1) is 30.8 Å². The van der Waals surface area contributed by atoms with Crippen LogP contribution in [0.25, 0.3) is 0 Å². The molecular weight excluding hydrogens is 640 g/mol. The monoisotopic (exact) mass is 684 g/mol. The molecular formula is C36H44O13. The zero-order chi connectivity index (χ0) is 35.4. The second-order valence-corrected chi connectivity index (χ2v) is 16.3. The van der Waals surface area contributed by atoms with E-state index < -0.39 is 98.5 Å². The van der Waals surface area contributed by atoms with Crippen LogP contribution in [0.2, 0.25) is 0 Å². The third-order valence-corrected chi connectivity index (χ3v) is 13.8. The summed E-state index contributed by atoms with van der Waals surface area (Å²) in [5, 5.41) is 0. The number of fused-ring (bicyclic) bond motifs is 3. The molecule has 4 heterocycles. The van der Waals surface area contributed by atoms with Gasteiger partial charge in [-0.1, -0.05) is 34.6 Å². The lowest BCUT2D eigenvalue weighted by Crippen LogP contribution is -2.94. The molecule has 8 rings (SSSR count). The molecule has 4 saturated carbocycles. The Bertz CT molecular complexity index is 1690. The van der Waals surface area contributed by atoms with E-state index in [9.17, 15) is 24.0 Å². The van der Waals surface area contributed by atoms with Gasteiger partial charge in [-0.2, -0.15) is 0 Å². The Morgan fingerprint density at radius 1 is 1.02 bits per heavy atom. The van der Waals surface area contributed by atoms with Crippen LogP contribution in [0.15, 0.2) is 23.0 Å². The van der Waals surface area contributed by atoms with E-state index >= 15 is 0 Å². The van der Waals surface area contributed by atoms with Gasteiger partial charge in [-0.15, -0.1) is 0 Å². The van der Waals surface area contributed by atoms with Crippen LogP contribution in [0, 0.1) is 34.0 Å². The van der Waals surface area contributed by atoms with Crippen molar-refractivity contribution >= 4 is 29.7 Å². The predicted molar refractivity (Wildman–Crippen MR) is 163 cm³/mol. The minimum atomic E-state index is -1.95. The zero-order valence-corrected chi connectivity index (χ0v) is 29.2. The molecule has 7 fully saturated rings. The molecule has 4 aliphatic carbocycles. The number of hydrogen-bond donors (Lipinski definition) is 0. The summed E-state index contributed by atoms with van der Waals surface area (Å²) in [5.74, 6) is -6.51. The van der Waals surface area contributed by atoms with Gasteiger partial charge in [-0.3, -0.25) is 24.0 Å². The van der Waals surface area contributed by atoms with Gasteiger partial charge >= 0.3 is 23.9 Å². The summed E-state index contributed by atoms with van der Waals surface area (Å²) in [4.78, 5) is 69.2. The van der Waals surface area contributed by atoms with Crippen LogP contribution >= 0.6 is 0 Å². The van der Waals surface area contributed by atoms with Crippen molar-refractivity contribution in [2.45, 2.75) is 128 Å². The lowest BCUT2D eigenvalue weighted by molar-refractivity contribution is -0.477. The fourth-order valence-corrected chi connectivity index (χ4v) is 12.4. The van der Waals surface area contributed by atoms with Crippen LogP contribution in [0.4, 0.5) is 0 Å². The van der Waals surface area contributed by atoms with Gasteiger partial charge in [0, 0.05) is 42.4 Å². The average Bonchev–Trinajstić information content (AvgIpc) is 3.71. The van der Waals surface area contributed by atoms with Crippen LogP contribution in [-0.4, -0.2) is 76.9 Å². The van der Waals surface area contributed by atoms with Crippen molar-refractivity contribution in [1.29, 1.82) is 0 Å². The number of carbonyl (C=O) groups is 5. The standard InChI is InChI=1S/C36H44O13/c1-9-43-23(38)14-21-30(6)17-34-31(21,7)33-12-11-29(5,25(40)20-10-13-42-16-20)22-15-24(39)45-28(35(22,33)49-32(8,47-33)48-34)36(34,27(30)44-19(4)37)46-26(41)18(2)3/h10,13,16,18,21-22,27-28H,9,11-12,14-15,17H2,1-8H3. The molecule has 13 nitrogen and oxygen atoms in total. The van der Waals surface area contributed by atoms with Gasteiger partial charge in [0.15, 0.2) is 18.0 Å². The second-order valence-electron chi connectivity index (χ2n) is 16.3. The number of hydrogen-bond acceptors (Lipinski definition) is 13. The smallest absolute Gasteiger partial charge is 0.309 e. The lowest BCUT2D eigenvalue weighted by atomic mass is 9.33. The average molecular weight is 685 g/mol. The number of Topliss-reactive ketones (excluding diaryl/α,β-unsaturated/α-hetero) is 1. The van der Waals surface area contributed by atoms with Crippen molar-refractivity contribution in [2.75, 3.05) is 6.61 Å². The first-order valence-corrected chi connectivity index (χ1v) is 17.3. The summed E-state index contributed by atoms with van der Waals surface area (Å²) in [6, 6.07) is 1.59. The van der Waals surface area contributed by atoms with Crippen molar-refractivity contribution in [1.82, 2.24) is 0 Å². The number of carbonyl (C=O) groups excluding carboxylic acids is 5. The lowest BCUT2D eigenvalue weighted by Gasteiger charge is -2.77. The highest BCUT2D eigenvalue weighted by molar-refractivity contribution is 6.01. The Balaban J connectivity index is 1.47. The summed E-state index contributed by atoms with van der Waals surface area (Å²) in [6.45, 7) is 13.8. The summed E-state index contributed by atoms with van der Waals surface area (Å²) in [6.07, 6.45) is 0.543. The Morgan fingerprint density at radius 3 is 2.37 bits per heavy atom. The van der Waals surface area contributed by atoms with Crippen LogP contribution < -0.4 is 0 Å². The van der Waals surface area contributed by atoms with E-state index in [-0.39, 0.29) is 38.1 Å². The van der Waals surface area contributed by atoms with Crippen molar-refractivity contribution in [2.24, 2.45) is 34.0 Å². The van der Waals surface area contributed by atoms with Gasteiger partial charge in [0.1, 0.15) is 23.1 Å². The number of rotatable bonds is 8. The first-order valence-electron chi connectivity index (χ1n) is 17.3. The fourth-order valence-electron chi connectivity index (χ4n) is 12.4. The molecule has 12 atom stereocenters. The Morgan fingerprint density at radius 2 is 1.73 bits per heavy atom. The number of furan rings is 1. The van der Waals surface area contributed by atoms with Crippen LogP contribution in [-0.2, 0) is 52.3 Å². The first kappa shape index (κ1) is 32.9. The zero-order valence-electron chi connectivity index (χ0n) is 29.2. The molecule has 7 aliphatic rings. The molecule has 4 bridgehead atoms. The highest BCUT2D eigenvalue weighted by Crippen LogP contribution is 2.90. The maximum absolute atomic E-state index is 14.6. The van der Waals surface area contributed by atoms with Crippen LogP contribution in [0.5, 0.6) is 0 Å². The molecule has 3 saturated heterocycles. The van der Waals surface area contributed by atoms with Crippen LogP contribution in [0.3, 0.4) is 0 Å². The third-order valence-electron chi connectivity index (χ3n) is 13.8. The molecule has 3 spiro atoms. The van der Waals surface area contributed by atoms with Gasteiger partial charge in [0.2, 0.25) is 5.60 Å². The molecule has 1 aromatic heterocycles. The van der Waals surface area contributed by atoms with E-state index in [0.717, 1.165) is 0 Å². The van der Waals surface area contributed by atoms with Gasteiger partial charge in [-0.25, -0.2) is 0 Å². The molecule has 49 heavy (non-hydrogen) atoms. The molecule has 13 heteroatoms. The van der Waals surface area contributed by atoms with E-state index in [2.05, 4.69) is 0 Å². The molecule has 0 amide bonds. The van der Waals surface area contributed by atoms with Crippen LogP contribution in [0.1, 0.15) is 97.9 Å². The molecule has 1 aromatic rings. The second kappa shape index (κ2) is 9.52. The molecule has 12 unspecified atom stereocenters. The Kier molecular flexibility index (Phi) is 6.39. The molecule has 266 valence electrons. The van der Waals surface area contributed by atoms with Crippen molar-refractivity contribution < 1.29 is 61.5 Å². The van der Waals surface area contributed by atoms with E-state index in [1.54, 1.807) is 33.8 Å². The normalized spacial score (nSPS) is 49.4. The van der Waals surface area contributed by atoms with Gasteiger partial charge in [-0.05, 0) is 38.2 Å². The first-order chi connectivity index (χ1) is 22.9. The summed E-state index contributed by atoms with van der Waals surface area (Å²) in [7, 11) is 0. The molecule has 0 N–H and O–H groups in total. The molecule has 0 aromatic carbocycles. The van der Waals surface area contributed by atoms with E-state index in [0.29, 0.717) is 12.0 Å². The largest absolute Gasteiger partial charge is 0.472 e. The quantitative estimate of drug-likeness (QED) is 0.219. The number of ketones is 1. The van der Waals surface area contributed by atoms with Crippen molar-refractivity contribution in [3.8, 4) is 0 Å². The molecule has 3 aliphatic heterocycles. The van der Waals surface area contributed by atoms with Gasteiger partial charge in [0.25, 0.3) is 5.97 Å². The minimum absolute atomic E-state index is 0.0871. The maximum Gasteiger partial charge on any atom is 0.309 e. The third kappa shape index (κ3) is 3.32. The van der Waals surface area contributed by atoms with Crippen molar-refractivity contribution in [3.63, 3.8) is 0 Å². The highest BCUT2D eigenvalue weighted by atomic mass is 16.9. The van der Waals surface area contributed by atoms with E-state index in [1.165, 1.54) is 19.5 Å². The van der Waals surface area contributed by atoms with Crippen molar-refractivity contribution in [3.05, 3.63) is 24.2 Å².